The summed E-state index contributed by atoms with van der Waals surface area (Å²) in [6.45, 7) is 0. The zero-order valence-electron chi connectivity index (χ0n) is 13.7. The predicted octanol–water partition coefficient (Wildman–Crippen LogP) is 5.96. The molecule has 3 aromatic carbocycles. The van der Waals surface area contributed by atoms with Crippen LogP contribution in [0.5, 0.6) is 0 Å². The number of nitrogens with one attached hydrogen (secondary N) is 1. The predicted molar refractivity (Wildman–Crippen MR) is 106 cm³/mol. The molecule has 0 aliphatic heterocycles. The summed E-state index contributed by atoms with van der Waals surface area (Å²) in [5.74, 6) is 0.785. The van der Waals surface area contributed by atoms with Crippen LogP contribution < -0.4 is 0 Å². The SMILES string of the molecule is O=C(Cc1cccc(Cl)c1)c1ccc2nc(-c3ccc(Cl)cc3)[nH]c2c1. The van der Waals surface area contributed by atoms with Gasteiger partial charge < -0.3 is 4.98 Å². The first-order valence-electron chi connectivity index (χ1n) is 8.12. The summed E-state index contributed by atoms with van der Waals surface area (Å²) in [6, 6.07) is 20.3. The van der Waals surface area contributed by atoms with Gasteiger partial charge in [0, 0.05) is 27.6 Å². The molecule has 5 heteroatoms. The first-order chi connectivity index (χ1) is 12.6. The van der Waals surface area contributed by atoms with Crippen LogP contribution in [0.1, 0.15) is 15.9 Å². The van der Waals surface area contributed by atoms with Crippen molar-refractivity contribution in [1.82, 2.24) is 9.97 Å². The first kappa shape index (κ1) is 16.8. The van der Waals surface area contributed by atoms with Crippen molar-refractivity contribution in [3.8, 4) is 11.4 Å². The summed E-state index contributed by atoms with van der Waals surface area (Å²) in [5, 5.41) is 1.31. The maximum absolute atomic E-state index is 12.6. The number of hydrogen-bond acceptors (Lipinski definition) is 2. The molecule has 1 N–H and O–H groups in total. The summed E-state index contributed by atoms with van der Waals surface area (Å²) < 4.78 is 0. The minimum Gasteiger partial charge on any atom is -0.338 e. The third-order valence-electron chi connectivity index (χ3n) is 4.18. The number of aromatic amines is 1. The molecule has 0 atom stereocenters. The monoisotopic (exact) mass is 380 g/mol. The highest BCUT2D eigenvalue weighted by atomic mass is 35.5. The van der Waals surface area contributed by atoms with E-state index in [1.54, 1.807) is 6.07 Å². The Labute approximate surface area is 160 Å². The molecule has 0 aliphatic rings. The summed E-state index contributed by atoms with van der Waals surface area (Å²) >= 11 is 11.9. The van der Waals surface area contributed by atoms with Crippen molar-refractivity contribution in [2.24, 2.45) is 0 Å². The Hall–Kier alpha value is -2.62. The van der Waals surface area contributed by atoms with E-state index in [2.05, 4.69) is 9.97 Å². The van der Waals surface area contributed by atoms with E-state index in [-0.39, 0.29) is 5.78 Å². The highest BCUT2D eigenvalue weighted by molar-refractivity contribution is 6.30. The zero-order valence-corrected chi connectivity index (χ0v) is 15.2. The van der Waals surface area contributed by atoms with Crippen molar-refractivity contribution >= 4 is 40.0 Å². The Morgan fingerprint density at radius 3 is 2.50 bits per heavy atom. The molecule has 4 rings (SSSR count). The Kier molecular flexibility index (Phi) is 4.49. The molecule has 0 saturated carbocycles. The zero-order chi connectivity index (χ0) is 18.1. The molecular formula is C21H14Cl2N2O. The largest absolute Gasteiger partial charge is 0.338 e. The van der Waals surface area contributed by atoms with E-state index < -0.39 is 0 Å². The molecule has 26 heavy (non-hydrogen) atoms. The first-order valence-corrected chi connectivity index (χ1v) is 8.87. The highest BCUT2D eigenvalue weighted by Gasteiger charge is 2.11. The maximum atomic E-state index is 12.6. The number of H-pyrrole nitrogens is 1. The van der Waals surface area contributed by atoms with Gasteiger partial charge in [-0.25, -0.2) is 4.98 Å². The molecule has 0 bridgehead atoms. The van der Waals surface area contributed by atoms with Crippen LogP contribution in [0.15, 0.2) is 66.7 Å². The average Bonchev–Trinajstić information content (AvgIpc) is 3.05. The van der Waals surface area contributed by atoms with Gasteiger partial charge in [0.15, 0.2) is 5.78 Å². The third-order valence-corrected chi connectivity index (χ3v) is 4.66. The van der Waals surface area contributed by atoms with Crippen molar-refractivity contribution < 1.29 is 4.79 Å². The van der Waals surface area contributed by atoms with E-state index in [9.17, 15) is 4.79 Å². The number of carbonyl (C=O) groups excluding carboxylic acids is 1. The van der Waals surface area contributed by atoms with Gasteiger partial charge in [0.2, 0.25) is 0 Å². The highest BCUT2D eigenvalue weighted by Crippen LogP contribution is 2.23. The van der Waals surface area contributed by atoms with E-state index >= 15 is 0 Å². The van der Waals surface area contributed by atoms with Gasteiger partial charge in [-0.05, 0) is 60.2 Å². The number of benzene rings is 3. The number of halogens is 2. The van der Waals surface area contributed by atoms with Crippen molar-refractivity contribution in [2.75, 3.05) is 0 Å². The third kappa shape index (κ3) is 3.50. The molecule has 0 radical (unpaired) electrons. The lowest BCUT2D eigenvalue weighted by molar-refractivity contribution is 0.0993. The van der Waals surface area contributed by atoms with Gasteiger partial charge in [0.25, 0.3) is 0 Å². The molecule has 0 spiro atoms. The average molecular weight is 381 g/mol. The fourth-order valence-corrected chi connectivity index (χ4v) is 3.20. The van der Waals surface area contributed by atoms with Crippen molar-refractivity contribution in [3.63, 3.8) is 0 Å². The lowest BCUT2D eigenvalue weighted by Gasteiger charge is -2.02. The van der Waals surface area contributed by atoms with Gasteiger partial charge in [-0.2, -0.15) is 0 Å². The number of aromatic nitrogens is 2. The number of ketones is 1. The van der Waals surface area contributed by atoms with Crippen LogP contribution in [0, 0.1) is 0 Å². The van der Waals surface area contributed by atoms with Crippen LogP contribution in [0.4, 0.5) is 0 Å². The van der Waals surface area contributed by atoms with E-state index in [0.29, 0.717) is 22.0 Å². The summed E-state index contributed by atoms with van der Waals surface area (Å²) in [7, 11) is 0. The Morgan fingerprint density at radius 2 is 1.73 bits per heavy atom. The van der Waals surface area contributed by atoms with Crippen LogP contribution in [0.25, 0.3) is 22.4 Å². The van der Waals surface area contributed by atoms with Crippen molar-refractivity contribution in [2.45, 2.75) is 6.42 Å². The number of nitrogens with zero attached hydrogens (tertiary/aromatic N) is 1. The van der Waals surface area contributed by atoms with Gasteiger partial charge >= 0.3 is 0 Å². The molecule has 0 fully saturated rings. The second-order valence-corrected chi connectivity index (χ2v) is 6.93. The molecule has 0 amide bonds. The van der Waals surface area contributed by atoms with E-state index in [4.69, 9.17) is 23.2 Å². The Balaban J connectivity index is 1.62. The number of rotatable bonds is 4. The number of hydrogen-bond donors (Lipinski definition) is 1. The summed E-state index contributed by atoms with van der Waals surface area (Å²) in [6.07, 6.45) is 0.310. The summed E-state index contributed by atoms with van der Waals surface area (Å²) in [4.78, 5) is 20.4. The smallest absolute Gasteiger partial charge is 0.167 e. The molecular weight excluding hydrogens is 367 g/mol. The van der Waals surface area contributed by atoms with Crippen molar-refractivity contribution in [3.05, 3.63) is 87.9 Å². The van der Waals surface area contributed by atoms with Crippen molar-refractivity contribution in [1.29, 1.82) is 0 Å². The fourth-order valence-electron chi connectivity index (χ4n) is 2.86. The van der Waals surface area contributed by atoms with Gasteiger partial charge in [0.05, 0.1) is 11.0 Å². The molecule has 1 aromatic heterocycles. The topological polar surface area (TPSA) is 45.8 Å². The molecule has 0 unspecified atom stereocenters. The van der Waals surface area contributed by atoms with Crippen LogP contribution >= 0.6 is 23.2 Å². The standard InChI is InChI=1S/C21H14Cl2N2O/c22-16-7-4-14(5-8-16)21-24-18-9-6-15(12-19(18)25-21)20(26)11-13-2-1-3-17(23)10-13/h1-10,12H,11H2,(H,24,25). The molecule has 3 nitrogen and oxygen atoms in total. The van der Waals surface area contributed by atoms with Crippen LogP contribution in [0.2, 0.25) is 10.0 Å². The minimum absolute atomic E-state index is 0.0387. The normalized spacial score (nSPS) is 11.0. The number of imidazole rings is 1. The molecule has 0 aliphatic carbocycles. The number of carbonyl (C=O) groups is 1. The summed E-state index contributed by atoms with van der Waals surface area (Å²) in [5.41, 5.74) is 4.12. The quantitative estimate of drug-likeness (QED) is 0.443. The van der Waals surface area contributed by atoms with E-state index in [1.807, 2.05) is 60.7 Å². The minimum atomic E-state index is 0.0387. The fraction of sp³-hybridized carbons (Fsp3) is 0.0476. The second-order valence-electron chi connectivity index (χ2n) is 6.05. The second kappa shape index (κ2) is 6.94. The number of Topliss-reactive ketones (excluding diaryl/α,β-unsaturated/α-hetero) is 1. The van der Waals surface area contributed by atoms with Gasteiger partial charge in [-0.15, -0.1) is 0 Å². The molecule has 0 saturated heterocycles. The van der Waals surface area contributed by atoms with Gasteiger partial charge in [-0.3, -0.25) is 4.79 Å². The Bertz CT molecular complexity index is 1100. The van der Waals surface area contributed by atoms with Gasteiger partial charge in [0.1, 0.15) is 5.82 Å². The molecule has 4 aromatic rings. The number of fused-ring (bicyclic) bond motifs is 1. The Morgan fingerprint density at radius 1 is 0.923 bits per heavy atom. The lowest BCUT2D eigenvalue weighted by Crippen LogP contribution is -2.03. The molecule has 128 valence electrons. The molecule has 1 heterocycles. The lowest BCUT2D eigenvalue weighted by atomic mass is 10.0. The van der Waals surface area contributed by atoms with Crippen LogP contribution in [-0.4, -0.2) is 15.8 Å². The van der Waals surface area contributed by atoms with E-state index in [1.165, 1.54) is 0 Å². The van der Waals surface area contributed by atoms with E-state index in [0.717, 1.165) is 28.0 Å². The van der Waals surface area contributed by atoms with Crippen LogP contribution in [0.3, 0.4) is 0 Å². The maximum Gasteiger partial charge on any atom is 0.167 e. The van der Waals surface area contributed by atoms with Crippen LogP contribution in [-0.2, 0) is 6.42 Å². The van der Waals surface area contributed by atoms with Gasteiger partial charge in [-0.1, -0.05) is 35.3 Å².